The van der Waals surface area contributed by atoms with Gasteiger partial charge in [0, 0.05) is 26.7 Å². The second kappa shape index (κ2) is 8.98. The normalized spacial score (nSPS) is 24.8. The van der Waals surface area contributed by atoms with Crippen LogP contribution in [-0.2, 0) is 16.9 Å². The Bertz CT molecular complexity index is 1300. The lowest BCUT2D eigenvalue weighted by Crippen LogP contribution is -2.54. The first kappa shape index (κ1) is 23.3. The van der Waals surface area contributed by atoms with Crippen LogP contribution in [0.15, 0.2) is 71.2 Å². The van der Waals surface area contributed by atoms with Crippen molar-refractivity contribution < 1.29 is 19.2 Å². The summed E-state index contributed by atoms with van der Waals surface area (Å²) in [5.74, 6) is 0.0349. The standard InChI is InChI=1S/C26H24BrN3O5/c1-15-23(24(30(32)33)26(29-15)19-5-3-4-6-20(19)28-25(26)31)17-9-12-21(22(13-17)34-2)35-14-16-7-10-18(27)11-8-16/h3-13,15,23-24,29H,14H2,1-2H3,(H,28,31)/t15-,23-,24+,26-/m0/s1. The molecule has 0 aromatic heterocycles. The van der Waals surface area contributed by atoms with E-state index in [2.05, 4.69) is 26.6 Å². The zero-order valence-corrected chi connectivity index (χ0v) is 20.7. The third-order valence-corrected chi connectivity index (χ3v) is 7.37. The number of amides is 1. The number of carbonyl (C=O) groups excluding carboxylic acids is 1. The van der Waals surface area contributed by atoms with E-state index < -0.39 is 23.4 Å². The van der Waals surface area contributed by atoms with Crippen molar-refractivity contribution in [3.05, 3.63) is 98.0 Å². The Morgan fingerprint density at radius 2 is 1.83 bits per heavy atom. The van der Waals surface area contributed by atoms with Gasteiger partial charge in [0.2, 0.25) is 0 Å². The maximum atomic E-state index is 13.2. The number of benzene rings is 3. The van der Waals surface area contributed by atoms with Gasteiger partial charge in [-0.25, -0.2) is 0 Å². The number of nitrogens with zero attached hydrogens (tertiary/aromatic N) is 1. The molecule has 1 saturated heterocycles. The Morgan fingerprint density at radius 1 is 1.09 bits per heavy atom. The molecular weight excluding hydrogens is 514 g/mol. The molecule has 0 unspecified atom stereocenters. The van der Waals surface area contributed by atoms with Crippen LogP contribution in [0.5, 0.6) is 11.5 Å². The van der Waals surface area contributed by atoms with Gasteiger partial charge in [-0.2, -0.15) is 0 Å². The van der Waals surface area contributed by atoms with E-state index in [0.29, 0.717) is 34.9 Å². The first-order chi connectivity index (χ1) is 16.8. The van der Waals surface area contributed by atoms with Gasteiger partial charge in [0.25, 0.3) is 11.9 Å². The molecule has 8 nitrogen and oxygen atoms in total. The van der Waals surface area contributed by atoms with Crippen LogP contribution in [0.3, 0.4) is 0 Å². The van der Waals surface area contributed by atoms with E-state index in [4.69, 9.17) is 9.47 Å². The summed E-state index contributed by atoms with van der Waals surface area (Å²) in [6.07, 6.45) is 0. The lowest BCUT2D eigenvalue weighted by molar-refractivity contribution is -0.532. The highest BCUT2D eigenvalue weighted by Gasteiger charge is 2.67. The number of hydrogen-bond donors (Lipinski definition) is 2. The van der Waals surface area contributed by atoms with Crippen molar-refractivity contribution in [2.45, 2.75) is 37.1 Å². The number of para-hydroxylation sites is 1. The molecule has 1 amide bonds. The highest BCUT2D eigenvalue weighted by atomic mass is 79.9. The Morgan fingerprint density at radius 3 is 2.54 bits per heavy atom. The van der Waals surface area contributed by atoms with Crippen LogP contribution in [0.2, 0.25) is 0 Å². The van der Waals surface area contributed by atoms with Crippen molar-refractivity contribution in [2.75, 3.05) is 12.4 Å². The van der Waals surface area contributed by atoms with Gasteiger partial charge < -0.3 is 14.8 Å². The molecule has 5 rings (SSSR count). The number of anilines is 1. The van der Waals surface area contributed by atoms with Gasteiger partial charge in [-0.1, -0.05) is 52.3 Å². The van der Waals surface area contributed by atoms with Crippen molar-refractivity contribution in [3.63, 3.8) is 0 Å². The first-order valence-electron chi connectivity index (χ1n) is 11.2. The first-order valence-corrected chi connectivity index (χ1v) is 12.0. The Hall–Kier alpha value is -3.43. The second-order valence-corrected chi connectivity index (χ2v) is 9.74. The largest absolute Gasteiger partial charge is 0.493 e. The Labute approximate surface area is 210 Å². The van der Waals surface area contributed by atoms with E-state index in [1.54, 1.807) is 36.4 Å². The highest BCUT2D eigenvalue weighted by Crippen LogP contribution is 2.50. The molecule has 180 valence electrons. The number of fused-ring (bicyclic) bond motifs is 2. The summed E-state index contributed by atoms with van der Waals surface area (Å²) in [6.45, 7) is 2.22. The Balaban J connectivity index is 1.48. The number of nitrogens with one attached hydrogen (secondary N) is 2. The number of methoxy groups -OCH3 is 1. The molecule has 0 bridgehead atoms. The van der Waals surface area contributed by atoms with E-state index in [-0.39, 0.29) is 11.0 Å². The molecule has 35 heavy (non-hydrogen) atoms. The van der Waals surface area contributed by atoms with Crippen LogP contribution in [0.1, 0.15) is 29.5 Å². The zero-order valence-electron chi connectivity index (χ0n) is 19.2. The van der Waals surface area contributed by atoms with E-state index in [1.165, 1.54) is 7.11 Å². The predicted molar refractivity (Wildman–Crippen MR) is 134 cm³/mol. The number of ether oxygens (including phenoxy) is 2. The molecule has 2 heterocycles. The molecule has 1 spiro atoms. The molecule has 0 saturated carbocycles. The monoisotopic (exact) mass is 537 g/mol. The molecule has 0 aliphatic carbocycles. The fourth-order valence-electron chi connectivity index (χ4n) is 5.31. The van der Waals surface area contributed by atoms with Gasteiger partial charge in [-0.3, -0.25) is 20.2 Å². The fourth-order valence-corrected chi connectivity index (χ4v) is 5.57. The molecule has 1 fully saturated rings. The van der Waals surface area contributed by atoms with E-state index in [9.17, 15) is 14.9 Å². The van der Waals surface area contributed by atoms with Crippen LogP contribution < -0.4 is 20.1 Å². The van der Waals surface area contributed by atoms with Gasteiger partial charge in [0.15, 0.2) is 17.0 Å². The number of carbonyl (C=O) groups is 1. The SMILES string of the molecule is COc1cc([C@@H]2[C@H](C)N[C@]3(C(=O)Nc4ccccc43)[C@@H]2[N+](=O)[O-])ccc1OCc1ccc(Br)cc1. The van der Waals surface area contributed by atoms with Crippen LogP contribution in [0, 0.1) is 10.1 Å². The molecule has 0 radical (unpaired) electrons. The van der Waals surface area contributed by atoms with E-state index in [0.717, 1.165) is 10.0 Å². The minimum atomic E-state index is -1.45. The van der Waals surface area contributed by atoms with Gasteiger partial charge >= 0.3 is 0 Å². The number of nitro groups is 1. The minimum absolute atomic E-state index is 0.340. The second-order valence-electron chi connectivity index (χ2n) is 8.82. The third-order valence-electron chi connectivity index (χ3n) is 6.84. The molecule has 3 aromatic carbocycles. The van der Waals surface area contributed by atoms with Crippen molar-refractivity contribution in [3.8, 4) is 11.5 Å². The third kappa shape index (κ3) is 3.84. The van der Waals surface area contributed by atoms with Gasteiger partial charge in [-0.05, 0) is 48.4 Å². The van der Waals surface area contributed by atoms with Gasteiger partial charge in [0.1, 0.15) is 6.61 Å². The summed E-state index contributed by atoms with van der Waals surface area (Å²) >= 11 is 3.42. The molecule has 3 aromatic rings. The minimum Gasteiger partial charge on any atom is -0.493 e. The maximum Gasteiger partial charge on any atom is 0.256 e. The van der Waals surface area contributed by atoms with Crippen LogP contribution in [0.4, 0.5) is 5.69 Å². The molecular formula is C26H24BrN3O5. The van der Waals surface area contributed by atoms with Crippen molar-refractivity contribution in [2.24, 2.45) is 0 Å². The summed E-state index contributed by atoms with van der Waals surface area (Å²) < 4.78 is 12.5. The van der Waals surface area contributed by atoms with Gasteiger partial charge in [-0.15, -0.1) is 0 Å². The summed E-state index contributed by atoms with van der Waals surface area (Å²) in [6, 6.07) is 18.7. The predicted octanol–water partition coefficient (Wildman–Crippen LogP) is 4.60. The van der Waals surface area contributed by atoms with E-state index in [1.807, 2.05) is 37.3 Å². The lowest BCUT2D eigenvalue weighted by atomic mass is 9.78. The smallest absolute Gasteiger partial charge is 0.256 e. The summed E-state index contributed by atoms with van der Waals surface area (Å²) in [5, 5.41) is 18.6. The van der Waals surface area contributed by atoms with Crippen molar-refractivity contribution in [1.82, 2.24) is 5.32 Å². The summed E-state index contributed by atoms with van der Waals surface area (Å²) in [4.78, 5) is 25.3. The molecule has 2 aliphatic heterocycles. The van der Waals surface area contributed by atoms with Crippen LogP contribution >= 0.6 is 15.9 Å². The van der Waals surface area contributed by atoms with Crippen LogP contribution in [-0.4, -0.2) is 30.0 Å². The Kier molecular flexibility index (Phi) is 5.98. The number of rotatable bonds is 6. The topological polar surface area (TPSA) is 103 Å². The summed E-state index contributed by atoms with van der Waals surface area (Å²) in [7, 11) is 1.54. The van der Waals surface area contributed by atoms with Gasteiger partial charge in [0.05, 0.1) is 13.0 Å². The zero-order chi connectivity index (χ0) is 24.7. The maximum absolute atomic E-state index is 13.2. The quantitative estimate of drug-likeness (QED) is 0.351. The molecule has 9 heteroatoms. The average Bonchev–Trinajstić information content (AvgIpc) is 3.32. The summed E-state index contributed by atoms with van der Waals surface area (Å²) in [5.41, 5.74) is 1.44. The number of hydrogen-bond acceptors (Lipinski definition) is 6. The fraction of sp³-hybridized carbons (Fsp3) is 0.269. The highest BCUT2D eigenvalue weighted by molar-refractivity contribution is 9.10. The average molecular weight is 538 g/mol. The molecule has 4 atom stereocenters. The lowest BCUT2D eigenvalue weighted by Gasteiger charge is -2.25. The van der Waals surface area contributed by atoms with Crippen LogP contribution in [0.25, 0.3) is 0 Å². The number of halogens is 1. The molecule has 2 aliphatic rings. The van der Waals surface area contributed by atoms with Crippen molar-refractivity contribution in [1.29, 1.82) is 0 Å². The van der Waals surface area contributed by atoms with Crippen molar-refractivity contribution >= 4 is 27.5 Å². The molecule has 2 N–H and O–H groups in total. The van der Waals surface area contributed by atoms with E-state index >= 15 is 0 Å².